The Labute approximate surface area is 277 Å². The average Bonchev–Trinajstić information content (AvgIpc) is 3.11. The van der Waals surface area contributed by atoms with Crippen LogP contribution < -0.4 is 18.9 Å². The first-order valence-electron chi connectivity index (χ1n) is 15.8. The molecule has 0 fully saturated rings. The minimum atomic E-state index is -0.844. The third-order valence-corrected chi connectivity index (χ3v) is 8.00. The fourth-order valence-electron chi connectivity index (χ4n) is 4.92. The summed E-state index contributed by atoms with van der Waals surface area (Å²) in [6.07, 6.45) is 7.24. The van der Waals surface area contributed by atoms with Gasteiger partial charge in [-0.05, 0) is 91.9 Å². The van der Waals surface area contributed by atoms with Crippen molar-refractivity contribution in [2.45, 2.75) is 58.7 Å². The monoisotopic (exact) mass is 634 g/mol. The number of ether oxygens (including phenoxy) is 4. The number of allylic oxidation sites excluding steroid dienone is 3. The Kier molecular flexibility index (Phi) is 12.1. The van der Waals surface area contributed by atoms with E-state index in [1.807, 2.05) is 69.3 Å². The number of benzene rings is 4. The third-order valence-electron chi connectivity index (χ3n) is 8.00. The summed E-state index contributed by atoms with van der Waals surface area (Å²) in [4.78, 5) is 25.9. The zero-order chi connectivity index (χ0) is 33.8. The summed E-state index contributed by atoms with van der Waals surface area (Å²) in [7, 11) is 1.63. The van der Waals surface area contributed by atoms with Crippen molar-refractivity contribution in [1.29, 1.82) is 0 Å². The Balaban J connectivity index is 1.62. The molecule has 7 nitrogen and oxygen atoms in total. The van der Waals surface area contributed by atoms with E-state index in [-0.39, 0.29) is 11.5 Å². The summed E-state index contributed by atoms with van der Waals surface area (Å²) in [5, 5.41) is 10.7. The first kappa shape index (κ1) is 34.7. The third kappa shape index (κ3) is 9.21. The van der Waals surface area contributed by atoms with E-state index in [1.165, 1.54) is 0 Å². The maximum Gasteiger partial charge on any atom is 0.343 e. The summed E-state index contributed by atoms with van der Waals surface area (Å²) in [6, 6.07) is 27.8. The molecule has 47 heavy (non-hydrogen) atoms. The van der Waals surface area contributed by atoms with E-state index in [2.05, 4.69) is 6.92 Å². The van der Waals surface area contributed by atoms with E-state index >= 15 is 0 Å². The molecule has 1 atom stereocenters. The molecule has 0 radical (unpaired) electrons. The second-order valence-corrected chi connectivity index (χ2v) is 11.1. The molecule has 0 saturated carbocycles. The Morgan fingerprint density at radius 3 is 1.89 bits per heavy atom. The predicted molar refractivity (Wildman–Crippen MR) is 184 cm³/mol. The molecule has 0 amide bonds. The number of carbonyl (C=O) groups is 2. The van der Waals surface area contributed by atoms with Gasteiger partial charge in [0.1, 0.15) is 17.6 Å². The molecule has 1 unspecified atom stereocenters. The van der Waals surface area contributed by atoms with Crippen LogP contribution in [0.2, 0.25) is 0 Å². The van der Waals surface area contributed by atoms with Crippen molar-refractivity contribution in [3.63, 3.8) is 0 Å². The topological polar surface area (TPSA) is 91.3 Å². The molecule has 244 valence electrons. The summed E-state index contributed by atoms with van der Waals surface area (Å²) in [6.45, 7) is 7.87. The van der Waals surface area contributed by atoms with Gasteiger partial charge in [0.2, 0.25) is 0 Å². The Morgan fingerprint density at radius 2 is 1.34 bits per heavy atom. The van der Waals surface area contributed by atoms with E-state index in [0.29, 0.717) is 41.0 Å². The highest BCUT2D eigenvalue weighted by Crippen LogP contribution is 2.36. The molecule has 0 aliphatic carbocycles. The number of hydrogen-bond acceptors (Lipinski definition) is 7. The van der Waals surface area contributed by atoms with E-state index in [0.717, 1.165) is 17.6 Å². The highest BCUT2D eigenvalue weighted by Gasteiger charge is 2.20. The van der Waals surface area contributed by atoms with Gasteiger partial charge in [0, 0.05) is 5.56 Å². The minimum absolute atomic E-state index is 0.0913. The normalized spacial score (nSPS) is 12.4. The average molecular weight is 635 g/mol. The smallest absolute Gasteiger partial charge is 0.343 e. The minimum Gasteiger partial charge on any atom is -0.496 e. The second-order valence-electron chi connectivity index (χ2n) is 11.1. The van der Waals surface area contributed by atoms with Crippen molar-refractivity contribution in [3.05, 3.63) is 138 Å². The number of methoxy groups -OCH3 is 1. The Morgan fingerprint density at radius 1 is 0.766 bits per heavy atom. The van der Waals surface area contributed by atoms with Gasteiger partial charge in [-0.1, -0.05) is 81.5 Å². The zero-order valence-electron chi connectivity index (χ0n) is 27.6. The fourth-order valence-corrected chi connectivity index (χ4v) is 4.92. The molecule has 0 aliphatic heterocycles. The van der Waals surface area contributed by atoms with Crippen molar-refractivity contribution < 1.29 is 33.6 Å². The van der Waals surface area contributed by atoms with Gasteiger partial charge in [0.25, 0.3) is 0 Å². The SMILES string of the molecule is CCC(=CC=CC(O)(CC)CC)c1cc(OC(C)c2ccc(OC(=O)c3ccccc3)c(OC(=O)c3ccccc3)c2)ccc1OC. The number of aliphatic hydroxyl groups is 1. The number of hydrogen-bond donors (Lipinski definition) is 1. The lowest BCUT2D eigenvalue weighted by molar-refractivity contribution is 0.0682. The highest BCUT2D eigenvalue weighted by atomic mass is 16.6. The van der Waals surface area contributed by atoms with Crippen LogP contribution in [0.25, 0.3) is 5.57 Å². The molecule has 0 heterocycles. The second kappa shape index (κ2) is 16.4. The number of carbonyl (C=O) groups excluding carboxylic acids is 2. The summed E-state index contributed by atoms with van der Waals surface area (Å²) in [5.41, 5.74) is 2.48. The molecular weight excluding hydrogens is 592 g/mol. The van der Waals surface area contributed by atoms with Crippen molar-refractivity contribution in [3.8, 4) is 23.0 Å². The van der Waals surface area contributed by atoms with Crippen molar-refractivity contribution in [1.82, 2.24) is 0 Å². The van der Waals surface area contributed by atoms with Gasteiger partial charge in [-0.25, -0.2) is 9.59 Å². The van der Waals surface area contributed by atoms with Crippen LogP contribution in [0.4, 0.5) is 0 Å². The van der Waals surface area contributed by atoms with Crippen LogP contribution in [-0.2, 0) is 0 Å². The molecule has 0 spiro atoms. The van der Waals surface area contributed by atoms with Crippen molar-refractivity contribution >= 4 is 17.5 Å². The van der Waals surface area contributed by atoms with E-state index in [1.54, 1.807) is 73.8 Å². The summed E-state index contributed by atoms with van der Waals surface area (Å²) >= 11 is 0. The molecule has 4 rings (SSSR count). The largest absolute Gasteiger partial charge is 0.496 e. The van der Waals surface area contributed by atoms with Gasteiger partial charge in [-0.3, -0.25) is 0 Å². The van der Waals surface area contributed by atoms with Gasteiger partial charge in [-0.2, -0.15) is 0 Å². The highest BCUT2D eigenvalue weighted by molar-refractivity contribution is 5.93. The lowest BCUT2D eigenvalue weighted by atomic mass is 9.96. The fraction of sp³-hybridized carbons (Fsp3) is 0.250. The van der Waals surface area contributed by atoms with E-state index in [9.17, 15) is 14.7 Å². The van der Waals surface area contributed by atoms with Crippen molar-refractivity contribution in [2.75, 3.05) is 7.11 Å². The van der Waals surface area contributed by atoms with Crippen LogP contribution in [0, 0.1) is 0 Å². The molecule has 0 aliphatic rings. The molecule has 4 aromatic carbocycles. The summed E-state index contributed by atoms with van der Waals surface area (Å²) in [5.74, 6) is 0.347. The summed E-state index contributed by atoms with van der Waals surface area (Å²) < 4.78 is 23.5. The molecule has 7 heteroatoms. The Bertz CT molecular complexity index is 1700. The number of esters is 2. The first-order chi connectivity index (χ1) is 22.7. The maximum absolute atomic E-state index is 13.0. The standard InChI is InChI=1S/C40H42O7/c1-6-29(20-15-25-40(43,7-2)8-3)34-27-33(22-24-35(34)44-5)45-28(4)32-21-23-36(46-38(41)30-16-11-9-12-17-30)37(26-32)47-39(42)31-18-13-10-14-19-31/h9-28,43H,6-8H2,1-5H3. The van der Waals surface area contributed by atoms with Crippen LogP contribution in [0.15, 0.2) is 115 Å². The van der Waals surface area contributed by atoms with Crippen LogP contribution in [-0.4, -0.2) is 29.8 Å². The zero-order valence-corrected chi connectivity index (χ0v) is 27.6. The first-order valence-corrected chi connectivity index (χ1v) is 15.8. The maximum atomic E-state index is 13.0. The quantitative estimate of drug-likeness (QED) is 0.0840. The predicted octanol–water partition coefficient (Wildman–Crippen LogP) is 9.17. The van der Waals surface area contributed by atoms with Gasteiger partial charge >= 0.3 is 11.9 Å². The van der Waals surface area contributed by atoms with Crippen molar-refractivity contribution in [2.24, 2.45) is 0 Å². The van der Waals surface area contributed by atoms with Gasteiger partial charge in [-0.15, -0.1) is 0 Å². The van der Waals surface area contributed by atoms with E-state index in [4.69, 9.17) is 18.9 Å². The van der Waals surface area contributed by atoms with Crippen LogP contribution >= 0.6 is 0 Å². The van der Waals surface area contributed by atoms with Crippen LogP contribution in [0.1, 0.15) is 84.9 Å². The number of rotatable bonds is 14. The molecular formula is C40H42O7. The lowest BCUT2D eigenvalue weighted by Crippen LogP contribution is -2.22. The molecule has 0 saturated heterocycles. The van der Waals surface area contributed by atoms with E-state index < -0.39 is 23.6 Å². The molecule has 1 N–H and O–H groups in total. The molecule has 4 aromatic rings. The lowest BCUT2D eigenvalue weighted by Gasteiger charge is -2.20. The van der Waals surface area contributed by atoms with Crippen LogP contribution in [0.5, 0.6) is 23.0 Å². The van der Waals surface area contributed by atoms with Gasteiger partial charge < -0.3 is 24.1 Å². The Hall–Kier alpha value is -5.14. The molecule has 0 aromatic heterocycles. The van der Waals surface area contributed by atoms with Gasteiger partial charge in [0.05, 0.1) is 23.8 Å². The molecule has 0 bridgehead atoms. The van der Waals surface area contributed by atoms with Crippen LogP contribution in [0.3, 0.4) is 0 Å². The van der Waals surface area contributed by atoms with Gasteiger partial charge in [0.15, 0.2) is 11.5 Å².